The van der Waals surface area contributed by atoms with E-state index in [1.165, 1.54) is 19.3 Å². The number of hydrogen-bond acceptors (Lipinski definition) is 4. The molecule has 0 saturated carbocycles. The lowest BCUT2D eigenvalue weighted by atomic mass is 10.1. The fourth-order valence-electron chi connectivity index (χ4n) is 3.40. The Morgan fingerprint density at radius 3 is 2.75 bits per heavy atom. The van der Waals surface area contributed by atoms with Crippen LogP contribution in [-0.4, -0.2) is 27.6 Å². The molecule has 0 radical (unpaired) electrons. The van der Waals surface area contributed by atoms with E-state index < -0.39 is 0 Å². The first kappa shape index (κ1) is 14.7. The van der Waals surface area contributed by atoms with Gasteiger partial charge in [-0.2, -0.15) is 5.26 Å². The van der Waals surface area contributed by atoms with Gasteiger partial charge >= 0.3 is 0 Å². The zero-order valence-corrected chi connectivity index (χ0v) is 13.5. The number of nitrogens with zero attached hydrogens (tertiary/aromatic N) is 5. The summed E-state index contributed by atoms with van der Waals surface area (Å²) in [6, 6.07) is 12.3. The number of hydrogen-bond donors (Lipinski definition) is 0. The maximum Gasteiger partial charge on any atom is 0.225 e. The minimum Gasteiger partial charge on any atom is -0.341 e. The van der Waals surface area contributed by atoms with Crippen LogP contribution in [-0.2, 0) is 6.54 Å². The van der Waals surface area contributed by atoms with Crippen LogP contribution in [0.4, 0.5) is 5.95 Å². The zero-order chi connectivity index (χ0) is 16.4. The van der Waals surface area contributed by atoms with E-state index in [4.69, 9.17) is 10.2 Å². The lowest BCUT2D eigenvalue weighted by molar-refractivity contribution is 0.568. The molecule has 1 aliphatic heterocycles. The molecule has 0 amide bonds. The van der Waals surface area contributed by atoms with Gasteiger partial charge in [0, 0.05) is 41.9 Å². The van der Waals surface area contributed by atoms with E-state index in [0.29, 0.717) is 6.54 Å². The number of piperidine rings is 1. The van der Waals surface area contributed by atoms with Crippen molar-refractivity contribution in [3.8, 4) is 17.3 Å². The zero-order valence-electron chi connectivity index (χ0n) is 13.5. The van der Waals surface area contributed by atoms with Gasteiger partial charge in [0.15, 0.2) is 0 Å². The fraction of sp³-hybridized carbons (Fsp3) is 0.316. The van der Waals surface area contributed by atoms with Gasteiger partial charge in [0.1, 0.15) is 6.54 Å². The van der Waals surface area contributed by atoms with E-state index in [0.717, 1.165) is 41.2 Å². The molecule has 0 aliphatic carbocycles. The molecule has 1 saturated heterocycles. The number of anilines is 1. The summed E-state index contributed by atoms with van der Waals surface area (Å²) in [4.78, 5) is 11.5. The highest BCUT2D eigenvalue weighted by atomic mass is 15.2. The number of benzene rings is 1. The molecule has 3 aromatic rings. The van der Waals surface area contributed by atoms with E-state index in [9.17, 15) is 0 Å². The highest BCUT2D eigenvalue weighted by Gasteiger charge is 2.16. The summed E-state index contributed by atoms with van der Waals surface area (Å²) in [5, 5.41) is 10.2. The summed E-state index contributed by atoms with van der Waals surface area (Å²) in [6.07, 6.45) is 7.56. The van der Waals surface area contributed by atoms with Gasteiger partial charge in [-0.3, -0.25) is 0 Å². The van der Waals surface area contributed by atoms with Crippen LogP contribution >= 0.6 is 0 Å². The highest BCUT2D eigenvalue weighted by molar-refractivity contribution is 5.95. The first-order chi connectivity index (χ1) is 11.9. The number of nitriles is 1. The summed E-state index contributed by atoms with van der Waals surface area (Å²) in [6.45, 7) is 2.39. The summed E-state index contributed by atoms with van der Waals surface area (Å²) >= 11 is 0. The average Bonchev–Trinajstić information content (AvgIpc) is 3.02. The van der Waals surface area contributed by atoms with Gasteiger partial charge in [0.2, 0.25) is 5.95 Å². The third-order valence-electron chi connectivity index (χ3n) is 4.59. The molecule has 1 fully saturated rings. The maximum absolute atomic E-state index is 9.07. The molecule has 1 aliphatic rings. The van der Waals surface area contributed by atoms with Crippen molar-refractivity contribution in [1.82, 2.24) is 14.5 Å². The Hall–Kier alpha value is -2.87. The molecule has 24 heavy (non-hydrogen) atoms. The lowest BCUT2D eigenvalue weighted by Gasteiger charge is -2.26. The van der Waals surface area contributed by atoms with Crippen molar-refractivity contribution in [3.05, 3.63) is 42.7 Å². The molecule has 0 atom stereocenters. The Morgan fingerprint density at radius 1 is 1.08 bits per heavy atom. The molecule has 120 valence electrons. The van der Waals surface area contributed by atoms with Crippen LogP contribution < -0.4 is 4.90 Å². The minimum absolute atomic E-state index is 0.338. The second-order valence-corrected chi connectivity index (χ2v) is 6.14. The van der Waals surface area contributed by atoms with E-state index >= 15 is 0 Å². The molecule has 1 aromatic carbocycles. The molecule has 2 aromatic heterocycles. The Labute approximate surface area is 141 Å². The Balaban J connectivity index is 1.79. The number of aromatic nitrogens is 3. The van der Waals surface area contributed by atoms with E-state index in [1.807, 2.05) is 41.2 Å². The Morgan fingerprint density at radius 2 is 1.92 bits per heavy atom. The van der Waals surface area contributed by atoms with Crippen LogP contribution in [0.15, 0.2) is 42.7 Å². The van der Waals surface area contributed by atoms with Crippen LogP contribution in [0.5, 0.6) is 0 Å². The number of para-hydroxylation sites is 1. The molecule has 0 bridgehead atoms. The Kier molecular flexibility index (Phi) is 3.87. The van der Waals surface area contributed by atoms with Crippen molar-refractivity contribution in [2.24, 2.45) is 0 Å². The van der Waals surface area contributed by atoms with Crippen LogP contribution in [0.2, 0.25) is 0 Å². The summed E-state index contributed by atoms with van der Waals surface area (Å²) in [5.41, 5.74) is 3.03. The van der Waals surface area contributed by atoms with Crippen LogP contribution in [0, 0.1) is 11.3 Å². The van der Waals surface area contributed by atoms with Crippen molar-refractivity contribution in [2.45, 2.75) is 25.8 Å². The second kappa shape index (κ2) is 6.32. The van der Waals surface area contributed by atoms with E-state index in [1.54, 1.807) is 0 Å². The first-order valence-corrected chi connectivity index (χ1v) is 8.40. The van der Waals surface area contributed by atoms with Crippen molar-refractivity contribution in [1.29, 1.82) is 5.26 Å². The van der Waals surface area contributed by atoms with Gasteiger partial charge in [0.25, 0.3) is 0 Å². The van der Waals surface area contributed by atoms with Crippen LogP contribution in [0.25, 0.3) is 22.2 Å². The van der Waals surface area contributed by atoms with Gasteiger partial charge in [-0.25, -0.2) is 9.97 Å². The van der Waals surface area contributed by atoms with E-state index in [2.05, 4.69) is 22.0 Å². The monoisotopic (exact) mass is 317 g/mol. The van der Waals surface area contributed by atoms with Gasteiger partial charge in [-0.1, -0.05) is 18.2 Å². The van der Waals surface area contributed by atoms with Gasteiger partial charge in [0.05, 0.1) is 11.8 Å². The predicted molar refractivity (Wildman–Crippen MR) is 94.6 cm³/mol. The van der Waals surface area contributed by atoms with Crippen LogP contribution in [0.3, 0.4) is 0 Å². The molecule has 3 heterocycles. The molecule has 4 rings (SSSR count). The summed E-state index contributed by atoms with van der Waals surface area (Å²) in [7, 11) is 0. The number of rotatable bonds is 3. The SMILES string of the molecule is N#CCn1cc(-c2ccnc(N3CCCCC3)n2)c2ccccc21. The lowest BCUT2D eigenvalue weighted by Crippen LogP contribution is -2.30. The standard InChI is InChI=1S/C19H19N5/c20-9-13-24-14-16(15-6-2-3-7-18(15)24)17-8-10-21-19(22-17)23-11-4-1-5-12-23/h2-3,6-8,10,14H,1,4-5,11-13H2. The predicted octanol–water partition coefficient (Wildman–Crippen LogP) is 3.61. The van der Waals surface area contributed by atoms with Crippen molar-refractivity contribution in [3.63, 3.8) is 0 Å². The average molecular weight is 317 g/mol. The molecular weight excluding hydrogens is 298 g/mol. The molecule has 0 N–H and O–H groups in total. The number of fused-ring (bicyclic) bond motifs is 1. The largest absolute Gasteiger partial charge is 0.341 e. The Bertz CT molecular complexity index is 900. The highest BCUT2D eigenvalue weighted by Crippen LogP contribution is 2.30. The molecule has 0 spiro atoms. The van der Waals surface area contributed by atoms with Crippen LogP contribution in [0.1, 0.15) is 19.3 Å². The summed E-state index contributed by atoms with van der Waals surface area (Å²) in [5.74, 6) is 0.810. The van der Waals surface area contributed by atoms with Crippen molar-refractivity contribution in [2.75, 3.05) is 18.0 Å². The quantitative estimate of drug-likeness (QED) is 0.740. The van der Waals surface area contributed by atoms with Crippen molar-refractivity contribution < 1.29 is 0 Å². The smallest absolute Gasteiger partial charge is 0.225 e. The van der Waals surface area contributed by atoms with Gasteiger partial charge in [-0.15, -0.1) is 0 Å². The molecule has 5 heteroatoms. The molecule has 0 unspecified atom stereocenters. The van der Waals surface area contributed by atoms with E-state index in [-0.39, 0.29) is 0 Å². The van der Waals surface area contributed by atoms with Crippen molar-refractivity contribution >= 4 is 16.9 Å². The fourth-order valence-corrected chi connectivity index (χ4v) is 3.40. The first-order valence-electron chi connectivity index (χ1n) is 8.40. The normalized spacial score (nSPS) is 14.7. The molecule has 5 nitrogen and oxygen atoms in total. The minimum atomic E-state index is 0.338. The maximum atomic E-state index is 9.07. The van der Waals surface area contributed by atoms with Gasteiger partial charge < -0.3 is 9.47 Å². The molecular formula is C19H19N5. The third-order valence-corrected chi connectivity index (χ3v) is 4.59. The van der Waals surface area contributed by atoms with Gasteiger partial charge in [-0.05, 0) is 31.4 Å². The second-order valence-electron chi connectivity index (χ2n) is 6.14. The topological polar surface area (TPSA) is 57.7 Å². The summed E-state index contributed by atoms with van der Waals surface area (Å²) < 4.78 is 1.98. The third kappa shape index (κ3) is 2.61.